The van der Waals surface area contributed by atoms with E-state index in [1.807, 2.05) is 6.07 Å². The van der Waals surface area contributed by atoms with E-state index >= 15 is 0 Å². The minimum Gasteiger partial charge on any atom is -0.497 e. The van der Waals surface area contributed by atoms with Crippen molar-refractivity contribution in [1.29, 1.82) is 0 Å². The number of carbonyl (C=O) groups excluding carboxylic acids is 3. The molecule has 2 atom stereocenters. The van der Waals surface area contributed by atoms with Gasteiger partial charge in [0.15, 0.2) is 5.76 Å². The standard InChI is InChI=1S/C26H26N2O6/c1-32-21-13-11-20(12-14-21)27-24(29)23(18-7-3-2-4-8-18)34-26(31)19-9-5-15-28(17-19)25(30)22-10-6-16-33-22/h2-4,6-8,10-14,16,19,23H,5,9,15,17H2,1H3,(H,27,29)/t19-,23+/m1/s1. The Kier molecular flexibility index (Phi) is 7.27. The van der Waals surface area contributed by atoms with E-state index in [9.17, 15) is 14.4 Å². The number of nitrogens with one attached hydrogen (secondary N) is 1. The van der Waals surface area contributed by atoms with Gasteiger partial charge in [0.25, 0.3) is 11.8 Å². The summed E-state index contributed by atoms with van der Waals surface area (Å²) >= 11 is 0. The van der Waals surface area contributed by atoms with Crippen LogP contribution in [-0.2, 0) is 14.3 Å². The molecule has 34 heavy (non-hydrogen) atoms. The van der Waals surface area contributed by atoms with E-state index in [-0.39, 0.29) is 18.2 Å². The van der Waals surface area contributed by atoms with E-state index in [0.717, 1.165) is 0 Å². The summed E-state index contributed by atoms with van der Waals surface area (Å²) < 4.78 is 16.1. The molecule has 2 heterocycles. The fourth-order valence-electron chi connectivity index (χ4n) is 3.91. The van der Waals surface area contributed by atoms with Crippen molar-refractivity contribution in [3.8, 4) is 5.75 Å². The van der Waals surface area contributed by atoms with Gasteiger partial charge in [0, 0.05) is 24.3 Å². The summed E-state index contributed by atoms with van der Waals surface area (Å²) in [5.74, 6) is -0.892. The summed E-state index contributed by atoms with van der Waals surface area (Å²) in [6.07, 6.45) is 1.53. The molecular formula is C26H26N2O6. The Balaban J connectivity index is 1.46. The third-order valence-corrected chi connectivity index (χ3v) is 5.71. The number of amides is 2. The lowest BCUT2D eigenvalue weighted by Crippen LogP contribution is -2.43. The van der Waals surface area contributed by atoms with Crippen LogP contribution in [-0.4, -0.2) is 42.9 Å². The first-order valence-electron chi connectivity index (χ1n) is 11.1. The highest BCUT2D eigenvalue weighted by Gasteiger charge is 2.34. The van der Waals surface area contributed by atoms with Crippen molar-refractivity contribution in [3.05, 3.63) is 84.3 Å². The molecule has 0 saturated carbocycles. The van der Waals surface area contributed by atoms with Gasteiger partial charge in [0.2, 0.25) is 6.10 Å². The molecule has 0 radical (unpaired) electrons. The summed E-state index contributed by atoms with van der Waals surface area (Å²) in [5, 5.41) is 2.80. The summed E-state index contributed by atoms with van der Waals surface area (Å²) in [5.41, 5.74) is 1.11. The van der Waals surface area contributed by atoms with E-state index in [2.05, 4.69) is 5.32 Å². The van der Waals surface area contributed by atoms with Crippen LogP contribution in [0.25, 0.3) is 0 Å². The van der Waals surface area contributed by atoms with Crippen molar-refractivity contribution in [2.45, 2.75) is 18.9 Å². The Bertz CT molecular complexity index is 1110. The highest BCUT2D eigenvalue weighted by molar-refractivity contribution is 5.96. The monoisotopic (exact) mass is 462 g/mol. The molecule has 2 aromatic carbocycles. The van der Waals surface area contributed by atoms with Crippen LogP contribution < -0.4 is 10.1 Å². The molecule has 1 fully saturated rings. The Morgan fingerprint density at radius 1 is 1.03 bits per heavy atom. The maximum Gasteiger partial charge on any atom is 0.311 e. The number of ether oxygens (including phenoxy) is 2. The van der Waals surface area contributed by atoms with Crippen molar-refractivity contribution < 1.29 is 28.3 Å². The molecule has 1 N–H and O–H groups in total. The quantitative estimate of drug-likeness (QED) is 0.532. The van der Waals surface area contributed by atoms with Crippen molar-refractivity contribution in [2.24, 2.45) is 5.92 Å². The SMILES string of the molecule is COc1ccc(NC(=O)[C@@H](OC(=O)[C@@H]2CCCN(C(=O)c3ccco3)C2)c2ccccc2)cc1. The summed E-state index contributed by atoms with van der Waals surface area (Å²) in [6, 6.07) is 19.0. The van der Waals surface area contributed by atoms with Gasteiger partial charge in [-0.15, -0.1) is 0 Å². The second kappa shape index (κ2) is 10.7. The highest BCUT2D eigenvalue weighted by atomic mass is 16.5. The summed E-state index contributed by atoms with van der Waals surface area (Å²) in [7, 11) is 1.56. The third kappa shape index (κ3) is 5.46. The van der Waals surface area contributed by atoms with Gasteiger partial charge in [-0.3, -0.25) is 14.4 Å². The number of likely N-dealkylation sites (tertiary alicyclic amines) is 1. The maximum atomic E-state index is 13.1. The largest absolute Gasteiger partial charge is 0.497 e. The zero-order valence-electron chi connectivity index (χ0n) is 18.8. The van der Waals surface area contributed by atoms with Gasteiger partial charge in [0.1, 0.15) is 5.75 Å². The number of piperidine rings is 1. The molecule has 4 rings (SSSR count). The molecular weight excluding hydrogens is 436 g/mol. The Morgan fingerprint density at radius 2 is 1.79 bits per heavy atom. The normalized spacial score (nSPS) is 16.4. The molecule has 0 spiro atoms. The van der Waals surface area contributed by atoms with Crippen LogP contribution in [0.1, 0.15) is 35.1 Å². The zero-order chi connectivity index (χ0) is 23.9. The van der Waals surface area contributed by atoms with Crippen LogP contribution in [0.5, 0.6) is 5.75 Å². The molecule has 0 aliphatic carbocycles. The summed E-state index contributed by atoms with van der Waals surface area (Å²) in [4.78, 5) is 40.4. The first kappa shape index (κ1) is 23.1. The predicted octanol–water partition coefficient (Wildman–Crippen LogP) is 4.06. The second-order valence-corrected chi connectivity index (χ2v) is 8.01. The highest BCUT2D eigenvalue weighted by Crippen LogP contribution is 2.26. The van der Waals surface area contributed by atoms with Gasteiger partial charge >= 0.3 is 5.97 Å². The van der Waals surface area contributed by atoms with Crippen molar-refractivity contribution in [1.82, 2.24) is 4.90 Å². The second-order valence-electron chi connectivity index (χ2n) is 8.01. The third-order valence-electron chi connectivity index (χ3n) is 5.71. The fraction of sp³-hybridized carbons (Fsp3) is 0.269. The molecule has 0 bridgehead atoms. The van der Waals surface area contributed by atoms with Crippen molar-refractivity contribution >= 4 is 23.5 Å². The van der Waals surface area contributed by atoms with E-state index < -0.39 is 23.9 Å². The Morgan fingerprint density at radius 3 is 2.47 bits per heavy atom. The molecule has 176 valence electrons. The maximum absolute atomic E-state index is 13.1. The van der Waals surface area contributed by atoms with Crippen LogP contribution in [0.15, 0.2) is 77.4 Å². The molecule has 3 aromatic rings. The Hall–Kier alpha value is -4.07. The number of methoxy groups -OCH3 is 1. The van der Waals surface area contributed by atoms with Gasteiger partial charge < -0.3 is 24.1 Å². The van der Waals surface area contributed by atoms with Crippen LogP contribution >= 0.6 is 0 Å². The number of esters is 1. The number of rotatable bonds is 7. The van der Waals surface area contributed by atoms with Crippen molar-refractivity contribution in [2.75, 3.05) is 25.5 Å². The lowest BCUT2D eigenvalue weighted by atomic mass is 9.97. The lowest BCUT2D eigenvalue weighted by molar-refractivity contribution is -0.160. The molecule has 2 amide bonds. The van der Waals surface area contributed by atoms with E-state index in [0.29, 0.717) is 36.4 Å². The smallest absolute Gasteiger partial charge is 0.311 e. The van der Waals surface area contributed by atoms with E-state index in [1.54, 1.807) is 72.7 Å². The van der Waals surface area contributed by atoms with Gasteiger partial charge in [-0.2, -0.15) is 0 Å². The first-order valence-corrected chi connectivity index (χ1v) is 11.1. The lowest BCUT2D eigenvalue weighted by Gasteiger charge is -2.31. The van der Waals surface area contributed by atoms with E-state index in [1.165, 1.54) is 6.26 Å². The molecule has 8 heteroatoms. The number of anilines is 1. The van der Waals surface area contributed by atoms with Gasteiger partial charge in [0.05, 0.1) is 19.3 Å². The van der Waals surface area contributed by atoms with E-state index in [4.69, 9.17) is 13.9 Å². The average molecular weight is 463 g/mol. The van der Waals surface area contributed by atoms with Crippen molar-refractivity contribution in [3.63, 3.8) is 0 Å². The fourth-order valence-corrected chi connectivity index (χ4v) is 3.91. The molecule has 0 unspecified atom stereocenters. The van der Waals surface area contributed by atoms with Crippen LogP contribution in [0.4, 0.5) is 5.69 Å². The predicted molar refractivity (Wildman–Crippen MR) is 124 cm³/mol. The number of carbonyl (C=O) groups is 3. The number of nitrogens with zero attached hydrogens (tertiary/aromatic N) is 1. The average Bonchev–Trinajstić information content (AvgIpc) is 3.43. The number of benzene rings is 2. The van der Waals surface area contributed by atoms with Crippen LogP contribution in [0, 0.1) is 5.92 Å². The first-order chi connectivity index (χ1) is 16.5. The minimum absolute atomic E-state index is 0.208. The van der Waals surface area contributed by atoms with Gasteiger partial charge in [-0.1, -0.05) is 30.3 Å². The molecule has 1 saturated heterocycles. The van der Waals surface area contributed by atoms with Crippen LogP contribution in [0.2, 0.25) is 0 Å². The molecule has 1 aromatic heterocycles. The number of hydrogen-bond donors (Lipinski definition) is 1. The number of hydrogen-bond acceptors (Lipinski definition) is 6. The summed E-state index contributed by atoms with van der Waals surface area (Å²) in [6.45, 7) is 0.739. The minimum atomic E-state index is -1.13. The van der Waals surface area contributed by atoms with Gasteiger partial charge in [-0.05, 0) is 49.2 Å². The molecule has 1 aliphatic heterocycles. The van der Waals surface area contributed by atoms with Crippen LogP contribution in [0.3, 0.4) is 0 Å². The number of furan rings is 1. The molecule has 1 aliphatic rings. The zero-order valence-corrected chi connectivity index (χ0v) is 18.8. The van der Waals surface area contributed by atoms with Gasteiger partial charge in [-0.25, -0.2) is 0 Å². The molecule has 8 nitrogen and oxygen atoms in total. The Labute approximate surface area is 197 Å². The topological polar surface area (TPSA) is 98.1 Å².